The van der Waals surface area contributed by atoms with Crippen LogP contribution < -0.4 is 0 Å². The van der Waals surface area contributed by atoms with E-state index in [2.05, 4.69) is 7.49 Å². The van der Waals surface area contributed by atoms with Crippen molar-refractivity contribution in [3.8, 4) is 0 Å². The normalized spacial score (nSPS) is 22.9. The van der Waals surface area contributed by atoms with Crippen LogP contribution in [0.3, 0.4) is 0 Å². The van der Waals surface area contributed by atoms with Crippen LogP contribution in [0.5, 0.6) is 0 Å². The second-order valence-corrected chi connectivity index (χ2v) is 2.46. The third kappa shape index (κ3) is 1.63. The monoisotopic (exact) mass is 144 g/mol. The Hall–Kier alpha value is -0.245. The number of nitrogens with zero attached hydrogens (tertiary/aromatic N) is 1. The molecule has 1 atom stereocenters. The van der Waals surface area contributed by atoms with E-state index in [1.807, 2.05) is 0 Å². The summed E-state index contributed by atoms with van der Waals surface area (Å²) in [6.45, 7) is 1.23. The van der Waals surface area contributed by atoms with E-state index >= 15 is 0 Å². The Balaban J connectivity index is 2.39. The Morgan fingerprint density at radius 2 is 1.90 bits per heavy atom. The fourth-order valence-electron chi connectivity index (χ4n) is 1.14. The van der Waals surface area contributed by atoms with E-state index in [-0.39, 0.29) is 0 Å². The SMILES string of the molecule is [B]=C(F)C(F)N1CCCC1. The maximum atomic E-state index is 12.6. The molecule has 0 N–H and O–H groups in total. The standard InChI is InChI=1S/C6H9BF2N/c7-5(8)6(9)10-3-1-2-4-10/h6H,1-4H2. The number of halogens is 2. The first-order valence-corrected chi connectivity index (χ1v) is 3.38. The summed E-state index contributed by atoms with van der Waals surface area (Å²) in [4.78, 5) is 1.40. The Kier molecular flexibility index (Phi) is 2.54. The van der Waals surface area contributed by atoms with Gasteiger partial charge in [-0.05, 0) is 0 Å². The minimum absolute atomic E-state index is 0.617. The van der Waals surface area contributed by atoms with Gasteiger partial charge in [-0.2, -0.15) is 0 Å². The van der Waals surface area contributed by atoms with E-state index in [1.54, 1.807) is 0 Å². The Morgan fingerprint density at radius 3 is 2.30 bits per heavy atom. The summed E-state index contributed by atoms with van der Waals surface area (Å²) >= 11 is 0. The zero-order chi connectivity index (χ0) is 7.56. The molecule has 0 aromatic heterocycles. The van der Waals surface area contributed by atoms with Crippen LogP contribution in [0, 0.1) is 0 Å². The van der Waals surface area contributed by atoms with Crippen molar-refractivity contribution in [1.82, 2.24) is 4.90 Å². The Bertz CT molecular complexity index is 134. The summed E-state index contributed by atoms with van der Waals surface area (Å²) in [5, 5.41) is 0. The molecule has 1 heterocycles. The van der Waals surface area contributed by atoms with Gasteiger partial charge in [-0.15, -0.1) is 0 Å². The number of rotatable bonds is 2. The van der Waals surface area contributed by atoms with Crippen LogP contribution in [-0.4, -0.2) is 37.5 Å². The summed E-state index contributed by atoms with van der Waals surface area (Å²) in [6.07, 6.45) is 0.198. The topological polar surface area (TPSA) is 3.24 Å². The van der Waals surface area contributed by atoms with Gasteiger partial charge in [0.15, 0.2) is 0 Å². The molecule has 1 unspecified atom stereocenters. The first-order chi connectivity index (χ1) is 4.72. The molecule has 0 saturated carbocycles. The van der Waals surface area contributed by atoms with Crippen LogP contribution in [0.25, 0.3) is 0 Å². The van der Waals surface area contributed by atoms with Crippen molar-refractivity contribution in [2.75, 3.05) is 13.1 Å². The Morgan fingerprint density at radius 1 is 1.40 bits per heavy atom. The third-order valence-corrected chi connectivity index (χ3v) is 1.69. The second kappa shape index (κ2) is 3.24. The van der Waals surface area contributed by atoms with Crippen molar-refractivity contribution in [2.45, 2.75) is 19.1 Å². The van der Waals surface area contributed by atoms with Crippen molar-refractivity contribution in [2.24, 2.45) is 0 Å². The van der Waals surface area contributed by atoms with Crippen LogP contribution in [0.2, 0.25) is 0 Å². The average Bonchev–Trinajstić information content (AvgIpc) is 2.36. The minimum atomic E-state index is -1.68. The number of likely N-dealkylation sites (tertiary alicyclic amines) is 1. The first-order valence-electron chi connectivity index (χ1n) is 3.38. The summed E-state index contributed by atoms with van der Waals surface area (Å²) in [6, 6.07) is 0. The molecule has 1 nitrogen and oxygen atoms in total. The van der Waals surface area contributed by atoms with Crippen LogP contribution in [-0.2, 0) is 0 Å². The van der Waals surface area contributed by atoms with Gasteiger partial charge in [0.25, 0.3) is 0 Å². The van der Waals surface area contributed by atoms with Crippen molar-refractivity contribution in [3.63, 3.8) is 0 Å². The van der Waals surface area contributed by atoms with Gasteiger partial charge in [-0.25, -0.2) is 0 Å². The van der Waals surface area contributed by atoms with E-state index < -0.39 is 12.0 Å². The van der Waals surface area contributed by atoms with Gasteiger partial charge in [-0.1, -0.05) is 0 Å². The van der Waals surface area contributed by atoms with Gasteiger partial charge < -0.3 is 0 Å². The summed E-state index contributed by atoms with van der Waals surface area (Å²) in [5.41, 5.74) is -1.12. The number of alkyl halides is 1. The third-order valence-electron chi connectivity index (χ3n) is 1.69. The molecular formula is C6H9BF2N. The van der Waals surface area contributed by atoms with Gasteiger partial charge in [-0.3, -0.25) is 0 Å². The van der Waals surface area contributed by atoms with Gasteiger partial charge in [0.2, 0.25) is 0 Å². The molecule has 0 bridgehead atoms. The molecular weight excluding hydrogens is 135 g/mol. The van der Waals surface area contributed by atoms with Crippen LogP contribution in [0.1, 0.15) is 12.8 Å². The van der Waals surface area contributed by atoms with Gasteiger partial charge >= 0.3 is 59.1 Å². The van der Waals surface area contributed by atoms with Crippen molar-refractivity contribution < 1.29 is 8.78 Å². The molecule has 1 aliphatic rings. The molecule has 0 aromatic carbocycles. The predicted octanol–water partition coefficient (Wildman–Crippen LogP) is 0.646. The summed E-state index contributed by atoms with van der Waals surface area (Å²) in [5.74, 6) is 0. The molecule has 1 fully saturated rings. The first kappa shape index (κ1) is 7.86. The summed E-state index contributed by atoms with van der Waals surface area (Å²) in [7, 11) is 4.65. The van der Waals surface area contributed by atoms with Crippen molar-refractivity contribution >= 4 is 13.2 Å². The Labute approximate surface area is 60.1 Å². The average molecular weight is 144 g/mol. The van der Waals surface area contributed by atoms with Gasteiger partial charge in [0, 0.05) is 0 Å². The van der Waals surface area contributed by atoms with Crippen LogP contribution >= 0.6 is 0 Å². The molecule has 1 rings (SSSR count). The van der Waals surface area contributed by atoms with Crippen molar-refractivity contribution in [3.05, 3.63) is 0 Å². The van der Waals surface area contributed by atoms with Crippen LogP contribution in [0.15, 0.2) is 0 Å². The van der Waals surface area contributed by atoms with Gasteiger partial charge in [0.05, 0.1) is 0 Å². The fraction of sp³-hybridized carbons (Fsp3) is 0.833. The predicted molar refractivity (Wildman–Crippen MR) is 37.6 cm³/mol. The molecule has 4 heteroatoms. The summed E-state index contributed by atoms with van der Waals surface area (Å²) < 4.78 is 24.6. The van der Waals surface area contributed by atoms with E-state index in [0.29, 0.717) is 13.1 Å². The number of hydrogen-bond acceptors (Lipinski definition) is 1. The van der Waals surface area contributed by atoms with Crippen LogP contribution in [0.4, 0.5) is 8.78 Å². The quantitative estimate of drug-likeness (QED) is 0.406. The second-order valence-electron chi connectivity index (χ2n) is 2.46. The van der Waals surface area contributed by atoms with Gasteiger partial charge in [0.1, 0.15) is 0 Å². The molecule has 1 radical (unpaired) electrons. The molecule has 10 heavy (non-hydrogen) atoms. The molecule has 0 amide bonds. The maximum absolute atomic E-state index is 12.6. The molecule has 1 saturated heterocycles. The van der Waals surface area contributed by atoms with E-state index in [0.717, 1.165) is 12.8 Å². The molecule has 0 spiro atoms. The zero-order valence-corrected chi connectivity index (χ0v) is 5.69. The fourth-order valence-corrected chi connectivity index (χ4v) is 1.14. The zero-order valence-electron chi connectivity index (χ0n) is 5.69. The van der Waals surface area contributed by atoms with E-state index in [4.69, 9.17) is 0 Å². The van der Waals surface area contributed by atoms with E-state index in [9.17, 15) is 8.78 Å². The molecule has 0 aromatic rings. The van der Waals surface area contributed by atoms with Crippen molar-refractivity contribution in [1.29, 1.82) is 0 Å². The molecule has 1 aliphatic heterocycles. The molecule has 0 aliphatic carbocycles. The van der Waals surface area contributed by atoms with E-state index in [1.165, 1.54) is 4.90 Å². The molecule has 55 valence electrons. The number of hydrogen-bond donors (Lipinski definition) is 0.